The highest BCUT2D eigenvalue weighted by Crippen LogP contribution is 2.35. The molecule has 0 saturated carbocycles. The van der Waals surface area contributed by atoms with Crippen LogP contribution in [0.2, 0.25) is 0 Å². The second kappa shape index (κ2) is 5.25. The summed E-state index contributed by atoms with van der Waals surface area (Å²) in [6.07, 6.45) is 5.48. The lowest BCUT2D eigenvalue weighted by Crippen LogP contribution is -2.04. The van der Waals surface area contributed by atoms with E-state index in [1.165, 1.54) is 23.4 Å². The maximum Gasteiger partial charge on any atom is 0.195 e. The van der Waals surface area contributed by atoms with E-state index in [1.54, 1.807) is 18.4 Å². The van der Waals surface area contributed by atoms with Gasteiger partial charge in [0, 0.05) is 16.1 Å². The highest BCUT2D eigenvalue weighted by molar-refractivity contribution is 7.17. The largest absolute Gasteiger partial charge is 0.497 e. The third-order valence-corrected chi connectivity index (χ3v) is 5.35. The molecule has 0 amide bonds. The number of rotatable bonds is 3. The molecule has 0 N–H and O–H groups in total. The standard InChI is InChI=1S/C17H16N2O2S/c1-21-12-6-4-5-11(9-12)16-14(10-20)19-13-7-2-3-8-15(13)22-17(19)18-16/h4-6,9-10H,2-3,7-8H2,1H3. The van der Waals surface area contributed by atoms with Gasteiger partial charge in [0.2, 0.25) is 0 Å². The van der Waals surface area contributed by atoms with Crippen molar-refractivity contribution in [3.05, 3.63) is 40.5 Å². The predicted octanol–water partition coefficient (Wildman–Crippen LogP) is 3.76. The Labute approximate surface area is 132 Å². The minimum Gasteiger partial charge on any atom is -0.497 e. The molecule has 4 rings (SSSR count). The van der Waals surface area contributed by atoms with Crippen LogP contribution in [-0.2, 0) is 12.8 Å². The Morgan fingerprint density at radius 2 is 2.18 bits per heavy atom. The van der Waals surface area contributed by atoms with E-state index in [4.69, 9.17) is 9.72 Å². The third kappa shape index (κ3) is 1.96. The van der Waals surface area contributed by atoms with Gasteiger partial charge in [0.1, 0.15) is 17.1 Å². The van der Waals surface area contributed by atoms with Crippen LogP contribution in [0, 0.1) is 0 Å². The average Bonchev–Trinajstić information content (AvgIpc) is 3.10. The Hall–Kier alpha value is -2.14. The van der Waals surface area contributed by atoms with Crippen molar-refractivity contribution in [2.24, 2.45) is 0 Å². The fourth-order valence-electron chi connectivity index (χ4n) is 3.15. The molecule has 2 heterocycles. The number of ether oxygens (including phenoxy) is 1. The summed E-state index contributed by atoms with van der Waals surface area (Å²) in [5.41, 5.74) is 3.59. The van der Waals surface area contributed by atoms with E-state index in [9.17, 15) is 4.79 Å². The van der Waals surface area contributed by atoms with Gasteiger partial charge in [-0.05, 0) is 37.8 Å². The summed E-state index contributed by atoms with van der Waals surface area (Å²) in [5.74, 6) is 0.771. The summed E-state index contributed by atoms with van der Waals surface area (Å²) in [4.78, 5) is 18.8. The second-order valence-corrected chi connectivity index (χ2v) is 6.55. The number of aldehydes is 1. The number of aryl methyl sites for hydroxylation is 2. The molecule has 4 nitrogen and oxygen atoms in total. The second-order valence-electron chi connectivity index (χ2n) is 5.49. The molecular weight excluding hydrogens is 296 g/mol. The van der Waals surface area contributed by atoms with Crippen molar-refractivity contribution in [2.45, 2.75) is 25.7 Å². The van der Waals surface area contributed by atoms with Crippen molar-refractivity contribution in [1.82, 2.24) is 9.38 Å². The summed E-state index contributed by atoms with van der Waals surface area (Å²) < 4.78 is 7.33. The van der Waals surface area contributed by atoms with Crippen LogP contribution in [0.15, 0.2) is 24.3 Å². The van der Waals surface area contributed by atoms with Gasteiger partial charge in [-0.1, -0.05) is 12.1 Å². The number of carbonyl (C=O) groups excluding carboxylic acids is 1. The average molecular weight is 312 g/mol. The number of thiazole rings is 1. The normalized spacial score (nSPS) is 14.0. The van der Waals surface area contributed by atoms with Crippen LogP contribution in [0.3, 0.4) is 0 Å². The van der Waals surface area contributed by atoms with Gasteiger partial charge in [-0.3, -0.25) is 9.20 Å². The Balaban J connectivity index is 1.94. The van der Waals surface area contributed by atoms with Crippen molar-refractivity contribution in [2.75, 3.05) is 7.11 Å². The lowest BCUT2D eigenvalue weighted by Gasteiger charge is -2.11. The first-order chi connectivity index (χ1) is 10.8. The van der Waals surface area contributed by atoms with Gasteiger partial charge in [-0.15, -0.1) is 11.3 Å². The smallest absolute Gasteiger partial charge is 0.195 e. The molecule has 0 spiro atoms. The van der Waals surface area contributed by atoms with Gasteiger partial charge in [0.05, 0.1) is 7.11 Å². The molecule has 1 aliphatic carbocycles. The maximum absolute atomic E-state index is 11.7. The van der Waals surface area contributed by atoms with Gasteiger partial charge >= 0.3 is 0 Å². The summed E-state index contributed by atoms with van der Waals surface area (Å²) in [6, 6.07) is 7.70. The topological polar surface area (TPSA) is 43.6 Å². The van der Waals surface area contributed by atoms with E-state index in [0.717, 1.165) is 41.1 Å². The Bertz CT molecular complexity index is 863. The quantitative estimate of drug-likeness (QED) is 0.692. The van der Waals surface area contributed by atoms with Crippen LogP contribution >= 0.6 is 11.3 Å². The lowest BCUT2D eigenvalue weighted by atomic mass is 10.0. The van der Waals surface area contributed by atoms with Crippen molar-refractivity contribution >= 4 is 22.6 Å². The number of hydrogen-bond acceptors (Lipinski definition) is 4. The van der Waals surface area contributed by atoms with Gasteiger partial charge in [-0.2, -0.15) is 0 Å². The zero-order valence-electron chi connectivity index (χ0n) is 12.3. The van der Waals surface area contributed by atoms with Crippen molar-refractivity contribution in [1.29, 1.82) is 0 Å². The zero-order chi connectivity index (χ0) is 15.1. The van der Waals surface area contributed by atoms with E-state index in [1.807, 2.05) is 24.3 Å². The fourth-order valence-corrected chi connectivity index (χ4v) is 4.37. The number of hydrogen-bond donors (Lipinski definition) is 0. The van der Waals surface area contributed by atoms with E-state index in [-0.39, 0.29) is 0 Å². The molecule has 0 saturated heterocycles. The van der Waals surface area contributed by atoms with Gasteiger partial charge in [-0.25, -0.2) is 4.98 Å². The molecule has 22 heavy (non-hydrogen) atoms. The molecule has 0 aliphatic heterocycles. The molecule has 1 aromatic carbocycles. The number of methoxy groups -OCH3 is 1. The van der Waals surface area contributed by atoms with Gasteiger partial charge in [0.25, 0.3) is 0 Å². The molecule has 0 fully saturated rings. The highest BCUT2D eigenvalue weighted by atomic mass is 32.1. The number of fused-ring (bicyclic) bond motifs is 3. The first kappa shape index (κ1) is 13.5. The number of nitrogens with zero attached hydrogens (tertiary/aromatic N) is 2. The van der Waals surface area contributed by atoms with Crippen LogP contribution in [0.4, 0.5) is 0 Å². The molecule has 0 unspecified atom stereocenters. The number of benzene rings is 1. The molecule has 0 radical (unpaired) electrons. The zero-order valence-corrected chi connectivity index (χ0v) is 13.2. The van der Waals surface area contributed by atoms with Crippen molar-refractivity contribution in [3.63, 3.8) is 0 Å². The third-order valence-electron chi connectivity index (χ3n) is 4.21. The van der Waals surface area contributed by atoms with Gasteiger partial charge < -0.3 is 4.74 Å². The van der Waals surface area contributed by atoms with E-state index < -0.39 is 0 Å². The molecule has 1 aliphatic rings. The number of carbonyl (C=O) groups is 1. The first-order valence-electron chi connectivity index (χ1n) is 7.44. The lowest BCUT2D eigenvalue weighted by molar-refractivity contribution is 0.111. The molecule has 112 valence electrons. The predicted molar refractivity (Wildman–Crippen MR) is 87.1 cm³/mol. The summed E-state index contributed by atoms with van der Waals surface area (Å²) in [6.45, 7) is 0. The SMILES string of the molecule is COc1cccc(-c2nc3sc4c(n3c2C=O)CCCC4)c1. The van der Waals surface area contributed by atoms with Crippen LogP contribution in [-0.4, -0.2) is 22.8 Å². The summed E-state index contributed by atoms with van der Waals surface area (Å²) >= 11 is 1.72. The maximum atomic E-state index is 11.7. The molecule has 3 aromatic rings. The van der Waals surface area contributed by atoms with E-state index in [2.05, 4.69) is 4.40 Å². The number of aromatic nitrogens is 2. The molecule has 5 heteroatoms. The monoisotopic (exact) mass is 312 g/mol. The number of imidazole rings is 1. The highest BCUT2D eigenvalue weighted by Gasteiger charge is 2.22. The van der Waals surface area contributed by atoms with E-state index >= 15 is 0 Å². The molecule has 0 bridgehead atoms. The summed E-state index contributed by atoms with van der Waals surface area (Å²) in [5, 5.41) is 0. The van der Waals surface area contributed by atoms with Crippen molar-refractivity contribution < 1.29 is 9.53 Å². The fraction of sp³-hybridized carbons (Fsp3) is 0.294. The van der Waals surface area contributed by atoms with Crippen molar-refractivity contribution in [3.8, 4) is 17.0 Å². The van der Waals surface area contributed by atoms with Crippen LogP contribution < -0.4 is 4.74 Å². The Kier molecular flexibility index (Phi) is 3.22. The summed E-state index contributed by atoms with van der Waals surface area (Å²) in [7, 11) is 1.64. The van der Waals surface area contributed by atoms with E-state index in [0.29, 0.717) is 5.69 Å². The van der Waals surface area contributed by atoms with Crippen LogP contribution in [0.5, 0.6) is 5.75 Å². The molecule has 2 aromatic heterocycles. The minimum absolute atomic E-state index is 0.655. The Morgan fingerprint density at radius 3 is 3.00 bits per heavy atom. The van der Waals surface area contributed by atoms with Crippen LogP contribution in [0.1, 0.15) is 33.9 Å². The molecule has 0 atom stereocenters. The Morgan fingerprint density at radius 1 is 1.32 bits per heavy atom. The van der Waals surface area contributed by atoms with Gasteiger partial charge in [0.15, 0.2) is 11.2 Å². The minimum atomic E-state index is 0.655. The molecular formula is C17H16N2O2S. The first-order valence-corrected chi connectivity index (χ1v) is 8.26. The van der Waals surface area contributed by atoms with Crippen LogP contribution in [0.25, 0.3) is 16.2 Å².